The Morgan fingerprint density at radius 2 is 1.75 bits per heavy atom. The van der Waals surface area contributed by atoms with Crippen molar-refractivity contribution in [1.29, 1.82) is 0 Å². The van der Waals surface area contributed by atoms with E-state index in [4.69, 9.17) is 9.66 Å². The Morgan fingerprint density at radius 1 is 1.62 bits per heavy atom. The molecule has 0 aliphatic carbocycles. The third kappa shape index (κ3) is 2.08. The van der Waals surface area contributed by atoms with Crippen LogP contribution in [0.1, 0.15) is 6.92 Å². The molecular weight excluding hydrogens is 200 g/mol. The molecule has 0 rings (SSSR count). The topological polar surface area (TPSA) is 74.6 Å². The summed E-state index contributed by atoms with van der Waals surface area (Å²) in [6.45, 7) is 0.905. The molecule has 0 saturated heterocycles. The second kappa shape index (κ2) is 1.94. The van der Waals surface area contributed by atoms with Gasteiger partial charge in [0, 0.05) is 0 Å². The third-order valence-corrected chi connectivity index (χ3v) is 2.64. The molecule has 0 bridgehead atoms. The molecule has 0 heterocycles. The van der Waals surface area contributed by atoms with Gasteiger partial charge in [-0.25, -0.2) is 0 Å². The quantitative estimate of drug-likeness (QED) is 0.464. The molecule has 0 aromatic heterocycles. The van der Waals surface area contributed by atoms with Gasteiger partial charge >= 0.3 is 10.1 Å². The normalized spacial score (nSPS) is 20.0. The van der Waals surface area contributed by atoms with Crippen LogP contribution in [0.15, 0.2) is 0 Å². The molecule has 0 radical (unpaired) electrons. The lowest BCUT2D eigenvalue weighted by Crippen LogP contribution is -2.26. The van der Waals surface area contributed by atoms with E-state index in [0.717, 1.165) is 6.92 Å². The van der Waals surface area contributed by atoms with Crippen molar-refractivity contribution in [3.63, 3.8) is 0 Å². The number of aliphatic hydroxyl groups is 1. The highest BCUT2D eigenvalue weighted by molar-refractivity contribution is 9.11. The Morgan fingerprint density at radius 3 is 1.75 bits per heavy atom. The molecule has 0 aliphatic rings. The summed E-state index contributed by atoms with van der Waals surface area (Å²) in [5, 5.41) is 8.43. The maximum absolute atomic E-state index is 9.91. The lowest BCUT2D eigenvalue weighted by molar-refractivity contribution is 0.227. The Bertz CT molecular complexity index is 163. The lowest BCUT2D eigenvalue weighted by atomic mass is 10.9. The van der Waals surface area contributed by atoms with Gasteiger partial charge in [0.15, 0.2) is 0 Å². The van der Waals surface area contributed by atoms with Gasteiger partial charge < -0.3 is 5.11 Å². The minimum absolute atomic E-state index is 0.905. The van der Waals surface area contributed by atoms with E-state index >= 15 is 0 Å². The van der Waals surface area contributed by atoms with Crippen molar-refractivity contribution in [3.8, 4) is 0 Å². The summed E-state index contributed by atoms with van der Waals surface area (Å²) in [6, 6.07) is 0. The molecule has 1 unspecified atom stereocenters. The van der Waals surface area contributed by atoms with Crippen molar-refractivity contribution < 1.29 is 18.1 Å². The second-order valence-corrected chi connectivity index (χ2v) is 5.16. The van der Waals surface area contributed by atoms with Crippen molar-refractivity contribution in [3.05, 3.63) is 0 Å². The van der Waals surface area contributed by atoms with Gasteiger partial charge in [0.1, 0.15) is 0 Å². The molecule has 2 N–H and O–H groups in total. The van der Waals surface area contributed by atoms with Gasteiger partial charge in [0.25, 0.3) is 0 Å². The first-order chi connectivity index (χ1) is 3.25. The van der Waals surface area contributed by atoms with Gasteiger partial charge in [-0.05, 0) is 22.9 Å². The smallest absolute Gasteiger partial charge is 0.305 e. The number of halogens is 1. The van der Waals surface area contributed by atoms with Crippen LogP contribution in [0.3, 0.4) is 0 Å². The van der Waals surface area contributed by atoms with Crippen LogP contribution in [0.5, 0.6) is 0 Å². The highest BCUT2D eigenvalue weighted by Gasteiger charge is 2.31. The van der Waals surface area contributed by atoms with Gasteiger partial charge in [-0.15, -0.1) is 0 Å². The highest BCUT2D eigenvalue weighted by Crippen LogP contribution is 2.18. The fraction of sp³-hybridized carbons (Fsp3) is 1.00. The summed E-state index contributed by atoms with van der Waals surface area (Å²) in [6.07, 6.45) is 0. The average Bonchev–Trinajstić information content (AvgIpc) is 1.25. The number of hydrogen-bond acceptors (Lipinski definition) is 3. The molecule has 0 aromatic carbocycles. The van der Waals surface area contributed by atoms with Crippen LogP contribution < -0.4 is 0 Å². The van der Waals surface area contributed by atoms with Gasteiger partial charge in [-0.3, -0.25) is 4.55 Å². The van der Waals surface area contributed by atoms with Gasteiger partial charge in [-0.2, -0.15) is 8.42 Å². The summed E-state index contributed by atoms with van der Waals surface area (Å²) in [4.78, 5) is 0. The van der Waals surface area contributed by atoms with E-state index in [9.17, 15) is 8.42 Å². The van der Waals surface area contributed by atoms with E-state index < -0.39 is 14.0 Å². The monoisotopic (exact) mass is 204 g/mol. The predicted molar refractivity (Wildman–Crippen MR) is 31.1 cm³/mol. The molecule has 0 spiro atoms. The van der Waals surface area contributed by atoms with Crippen LogP contribution in [0.4, 0.5) is 0 Å². The predicted octanol–water partition coefficient (Wildman–Crippen LogP) is -0.0649. The van der Waals surface area contributed by atoms with Crippen LogP contribution in [0, 0.1) is 0 Å². The Kier molecular flexibility index (Phi) is 2.03. The van der Waals surface area contributed by atoms with E-state index in [-0.39, 0.29) is 0 Å². The van der Waals surface area contributed by atoms with E-state index in [2.05, 4.69) is 15.9 Å². The van der Waals surface area contributed by atoms with Crippen molar-refractivity contribution in [2.24, 2.45) is 0 Å². The maximum atomic E-state index is 9.91. The molecule has 1 atom stereocenters. The van der Waals surface area contributed by atoms with Crippen molar-refractivity contribution >= 4 is 26.0 Å². The van der Waals surface area contributed by atoms with E-state index in [1.165, 1.54) is 0 Å². The highest BCUT2D eigenvalue weighted by atomic mass is 79.9. The summed E-state index contributed by atoms with van der Waals surface area (Å²) < 4.78 is 25.6. The molecule has 0 fully saturated rings. The minimum Gasteiger partial charge on any atom is -0.364 e. The lowest BCUT2D eigenvalue weighted by Gasteiger charge is -2.08. The first-order valence-electron chi connectivity index (χ1n) is 1.63. The molecule has 4 nitrogen and oxygen atoms in total. The van der Waals surface area contributed by atoms with E-state index in [1.807, 2.05) is 0 Å². The SMILES string of the molecule is CC(O)(Br)S(=O)(=O)O. The molecule has 8 heavy (non-hydrogen) atoms. The largest absolute Gasteiger partial charge is 0.364 e. The standard InChI is InChI=1S/C2H5BrO4S/c1-2(3,4)8(5,6)7/h4H,1H3,(H,5,6,7). The van der Waals surface area contributed by atoms with Gasteiger partial charge in [0.05, 0.1) is 0 Å². The van der Waals surface area contributed by atoms with E-state index in [1.54, 1.807) is 0 Å². The average molecular weight is 205 g/mol. The molecule has 6 heteroatoms. The zero-order valence-electron chi connectivity index (χ0n) is 4.00. The van der Waals surface area contributed by atoms with E-state index in [0.29, 0.717) is 0 Å². The van der Waals surface area contributed by atoms with Crippen molar-refractivity contribution in [1.82, 2.24) is 0 Å². The number of alkyl halides is 1. The molecular formula is C2H5BrO4S. The van der Waals surface area contributed by atoms with Crippen LogP contribution in [-0.2, 0) is 10.1 Å². The number of rotatable bonds is 1. The van der Waals surface area contributed by atoms with Crippen molar-refractivity contribution in [2.45, 2.75) is 10.8 Å². The van der Waals surface area contributed by atoms with Gasteiger partial charge in [0.2, 0.25) is 3.84 Å². The van der Waals surface area contributed by atoms with Crippen LogP contribution in [-0.4, -0.2) is 21.9 Å². The Balaban J connectivity index is 4.53. The molecule has 50 valence electrons. The molecule has 0 amide bonds. The van der Waals surface area contributed by atoms with Crippen LogP contribution in [0.25, 0.3) is 0 Å². The molecule has 0 aromatic rings. The minimum atomic E-state index is -4.37. The zero-order valence-corrected chi connectivity index (χ0v) is 6.40. The van der Waals surface area contributed by atoms with Gasteiger partial charge in [-0.1, -0.05) is 0 Å². The zero-order chi connectivity index (χ0) is 7.00. The first-order valence-corrected chi connectivity index (χ1v) is 3.87. The summed E-state index contributed by atoms with van der Waals surface area (Å²) in [7, 11) is -4.37. The molecule has 0 saturated carbocycles. The summed E-state index contributed by atoms with van der Waals surface area (Å²) in [5.41, 5.74) is 0. The van der Waals surface area contributed by atoms with Crippen molar-refractivity contribution in [2.75, 3.05) is 0 Å². The van der Waals surface area contributed by atoms with Crippen LogP contribution in [0.2, 0.25) is 0 Å². The number of hydrogen-bond donors (Lipinski definition) is 2. The van der Waals surface area contributed by atoms with Crippen LogP contribution >= 0.6 is 15.9 Å². The fourth-order valence-electron chi connectivity index (χ4n) is 0. The fourth-order valence-corrected chi connectivity index (χ4v) is 0. The first kappa shape index (κ1) is 8.35. The summed E-state index contributed by atoms with van der Waals surface area (Å²) in [5.74, 6) is 0. The maximum Gasteiger partial charge on any atom is 0.305 e. The Hall–Kier alpha value is 0.350. The molecule has 0 aliphatic heterocycles. The second-order valence-electron chi connectivity index (χ2n) is 1.34. The Labute approximate surface area is 55.4 Å². The third-order valence-electron chi connectivity index (χ3n) is 0.471. The summed E-state index contributed by atoms with van der Waals surface area (Å²) >= 11 is 2.32.